The summed E-state index contributed by atoms with van der Waals surface area (Å²) in [5, 5.41) is 5.08. The molecule has 0 fully saturated rings. The van der Waals surface area contributed by atoms with E-state index >= 15 is 0 Å². The molecule has 15 heavy (non-hydrogen) atoms. The molecule has 0 saturated carbocycles. The van der Waals surface area contributed by atoms with E-state index in [1.54, 1.807) is 29.9 Å². The molecule has 0 bridgehead atoms. The smallest absolute Gasteiger partial charge is 0.257 e. The van der Waals surface area contributed by atoms with Crippen molar-refractivity contribution in [2.75, 3.05) is 5.32 Å². The number of hydrogen-bond donors (Lipinski definition) is 1. The lowest BCUT2D eigenvalue weighted by molar-refractivity contribution is 0.102. The minimum atomic E-state index is -0.187. The molecule has 0 aliphatic heterocycles. The van der Waals surface area contributed by atoms with Crippen LogP contribution in [0.15, 0.2) is 34.5 Å². The van der Waals surface area contributed by atoms with Crippen molar-refractivity contribution in [3.05, 3.63) is 40.1 Å². The number of halogens is 1. The third-order valence-corrected chi connectivity index (χ3v) is 2.76. The number of aromatic nitrogens is 2. The Kier molecular flexibility index (Phi) is 3.08. The molecule has 2 aromatic rings. The van der Waals surface area contributed by atoms with Gasteiger partial charge in [0.25, 0.3) is 5.91 Å². The van der Waals surface area contributed by atoms with E-state index in [9.17, 15) is 4.79 Å². The Morgan fingerprint density at radius 2 is 2.27 bits per heavy atom. The Balaban J connectivity index is 2.15. The molecule has 1 N–H and O–H groups in total. The van der Waals surface area contributed by atoms with Crippen LogP contribution in [-0.2, 0) is 0 Å². The van der Waals surface area contributed by atoms with Gasteiger partial charge in [-0.15, -0.1) is 11.3 Å². The van der Waals surface area contributed by atoms with Crippen LogP contribution < -0.4 is 5.32 Å². The van der Waals surface area contributed by atoms with Crippen LogP contribution in [0.5, 0.6) is 0 Å². The van der Waals surface area contributed by atoms with Gasteiger partial charge in [0, 0.05) is 23.3 Å². The predicted molar refractivity (Wildman–Crippen MR) is 62.0 cm³/mol. The summed E-state index contributed by atoms with van der Waals surface area (Å²) in [6, 6.07) is 3.30. The van der Waals surface area contributed by atoms with Crippen LogP contribution in [0.25, 0.3) is 0 Å². The van der Waals surface area contributed by atoms with E-state index in [-0.39, 0.29) is 5.91 Å². The minimum absolute atomic E-state index is 0.187. The number of carbonyl (C=O) groups is 1. The van der Waals surface area contributed by atoms with E-state index in [1.165, 1.54) is 11.3 Å². The van der Waals surface area contributed by atoms with Crippen molar-refractivity contribution in [1.82, 2.24) is 9.97 Å². The van der Waals surface area contributed by atoms with Crippen molar-refractivity contribution in [2.24, 2.45) is 0 Å². The summed E-state index contributed by atoms with van der Waals surface area (Å²) in [5.74, 6) is -0.187. The maximum absolute atomic E-state index is 11.7. The van der Waals surface area contributed by atoms with Gasteiger partial charge >= 0.3 is 0 Å². The van der Waals surface area contributed by atoms with E-state index < -0.39 is 0 Å². The van der Waals surface area contributed by atoms with Crippen molar-refractivity contribution in [1.29, 1.82) is 0 Å². The first kappa shape index (κ1) is 10.3. The lowest BCUT2D eigenvalue weighted by Gasteiger charge is -2.01. The van der Waals surface area contributed by atoms with Gasteiger partial charge in [-0.25, -0.2) is 9.97 Å². The molecular weight excluding hydrogens is 278 g/mol. The normalized spacial score (nSPS) is 9.93. The molecule has 0 aliphatic carbocycles. The Labute approximate surface area is 98.5 Å². The third-order valence-electron chi connectivity index (χ3n) is 1.64. The molecular formula is C9H6BrN3OS. The van der Waals surface area contributed by atoms with E-state index in [1.807, 2.05) is 0 Å². The largest absolute Gasteiger partial charge is 0.298 e. The number of nitrogens with zero attached hydrogens (tertiary/aromatic N) is 2. The number of thiazole rings is 1. The highest BCUT2D eigenvalue weighted by molar-refractivity contribution is 9.10. The number of pyridine rings is 1. The molecule has 1 amide bonds. The average Bonchev–Trinajstić information content (AvgIpc) is 2.70. The number of nitrogens with one attached hydrogen (secondary N) is 1. The zero-order valence-electron chi connectivity index (χ0n) is 7.48. The Bertz CT molecular complexity index is 472. The summed E-state index contributed by atoms with van der Waals surface area (Å²) in [6.07, 6.45) is 3.21. The second-order valence-electron chi connectivity index (χ2n) is 2.66. The molecule has 0 radical (unpaired) electrons. The molecule has 0 saturated heterocycles. The molecule has 4 nitrogen and oxygen atoms in total. The quantitative estimate of drug-likeness (QED) is 0.862. The fourth-order valence-electron chi connectivity index (χ4n) is 0.998. The van der Waals surface area contributed by atoms with Gasteiger partial charge in [0.2, 0.25) is 0 Å². The molecule has 2 aromatic heterocycles. The van der Waals surface area contributed by atoms with Crippen LogP contribution in [0.2, 0.25) is 0 Å². The van der Waals surface area contributed by atoms with Crippen molar-refractivity contribution in [2.45, 2.75) is 0 Å². The lowest BCUT2D eigenvalue weighted by atomic mass is 10.2. The zero-order chi connectivity index (χ0) is 10.7. The topological polar surface area (TPSA) is 54.9 Å². The van der Waals surface area contributed by atoms with Crippen molar-refractivity contribution >= 4 is 38.3 Å². The Morgan fingerprint density at radius 1 is 1.40 bits per heavy atom. The van der Waals surface area contributed by atoms with E-state index in [0.29, 0.717) is 15.3 Å². The predicted octanol–water partition coefficient (Wildman–Crippen LogP) is 2.55. The number of hydrogen-bond acceptors (Lipinski definition) is 4. The molecule has 2 rings (SSSR count). The fraction of sp³-hybridized carbons (Fsp3) is 0. The first-order valence-corrected chi connectivity index (χ1v) is 5.75. The highest BCUT2D eigenvalue weighted by Gasteiger charge is 2.07. The van der Waals surface area contributed by atoms with Crippen LogP contribution in [0.1, 0.15) is 10.4 Å². The first-order valence-electron chi connectivity index (χ1n) is 4.08. The Morgan fingerprint density at radius 3 is 2.93 bits per heavy atom. The minimum Gasteiger partial charge on any atom is -0.298 e. The van der Waals surface area contributed by atoms with Crippen LogP contribution in [-0.4, -0.2) is 15.9 Å². The van der Waals surface area contributed by atoms with Gasteiger partial charge in [-0.1, -0.05) is 0 Å². The number of carbonyl (C=O) groups excluding carboxylic acids is 1. The second-order valence-corrected chi connectivity index (χ2v) is 4.37. The highest BCUT2D eigenvalue weighted by atomic mass is 79.9. The highest BCUT2D eigenvalue weighted by Crippen LogP contribution is 2.13. The summed E-state index contributed by atoms with van der Waals surface area (Å²) in [7, 11) is 0. The van der Waals surface area contributed by atoms with Crippen LogP contribution >= 0.6 is 27.3 Å². The van der Waals surface area contributed by atoms with E-state index in [4.69, 9.17) is 0 Å². The SMILES string of the molecule is O=C(Nc1nccs1)c1ccnc(Br)c1. The van der Waals surface area contributed by atoms with E-state index in [0.717, 1.165) is 0 Å². The van der Waals surface area contributed by atoms with Gasteiger partial charge in [-0.3, -0.25) is 10.1 Å². The first-order chi connectivity index (χ1) is 7.25. The van der Waals surface area contributed by atoms with Gasteiger partial charge in [0.15, 0.2) is 5.13 Å². The molecule has 0 unspecified atom stereocenters. The lowest BCUT2D eigenvalue weighted by Crippen LogP contribution is -2.11. The van der Waals surface area contributed by atoms with Gasteiger partial charge in [0.05, 0.1) is 0 Å². The molecule has 0 aromatic carbocycles. The average molecular weight is 284 g/mol. The standard InChI is InChI=1S/C9H6BrN3OS/c10-7-5-6(1-2-11-7)8(14)13-9-12-3-4-15-9/h1-5H,(H,12,13,14). The van der Waals surface area contributed by atoms with Crippen LogP contribution in [0, 0.1) is 0 Å². The molecule has 6 heteroatoms. The third kappa shape index (κ3) is 2.60. The fourth-order valence-corrected chi connectivity index (χ4v) is 1.89. The molecule has 0 aliphatic rings. The monoisotopic (exact) mass is 283 g/mol. The second kappa shape index (κ2) is 4.50. The van der Waals surface area contributed by atoms with Crippen LogP contribution in [0.3, 0.4) is 0 Å². The maximum Gasteiger partial charge on any atom is 0.257 e. The summed E-state index contributed by atoms with van der Waals surface area (Å²) in [5.41, 5.74) is 0.548. The van der Waals surface area contributed by atoms with Crippen molar-refractivity contribution in [3.63, 3.8) is 0 Å². The summed E-state index contributed by atoms with van der Waals surface area (Å²) in [6.45, 7) is 0. The summed E-state index contributed by atoms with van der Waals surface area (Å²) < 4.78 is 0.634. The molecule has 0 atom stereocenters. The van der Waals surface area contributed by atoms with Crippen molar-refractivity contribution < 1.29 is 4.79 Å². The van der Waals surface area contributed by atoms with E-state index in [2.05, 4.69) is 31.2 Å². The van der Waals surface area contributed by atoms with Crippen LogP contribution in [0.4, 0.5) is 5.13 Å². The van der Waals surface area contributed by atoms with Gasteiger partial charge in [-0.05, 0) is 28.1 Å². The van der Waals surface area contributed by atoms with Gasteiger partial charge < -0.3 is 0 Å². The van der Waals surface area contributed by atoms with Gasteiger partial charge in [0.1, 0.15) is 4.60 Å². The maximum atomic E-state index is 11.7. The molecule has 0 spiro atoms. The number of anilines is 1. The number of amides is 1. The Hall–Kier alpha value is -1.27. The zero-order valence-corrected chi connectivity index (χ0v) is 9.88. The molecule has 2 heterocycles. The van der Waals surface area contributed by atoms with Crippen molar-refractivity contribution in [3.8, 4) is 0 Å². The summed E-state index contributed by atoms with van der Waals surface area (Å²) >= 11 is 4.58. The van der Waals surface area contributed by atoms with Gasteiger partial charge in [-0.2, -0.15) is 0 Å². The number of rotatable bonds is 2. The molecule has 76 valence electrons. The summed E-state index contributed by atoms with van der Waals surface area (Å²) in [4.78, 5) is 19.6.